The zero-order valence-electron chi connectivity index (χ0n) is 21.0. The molecule has 0 radical (unpaired) electrons. The van der Waals surface area contributed by atoms with Crippen molar-refractivity contribution in [1.29, 1.82) is 0 Å². The van der Waals surface area contributed by atoms with Gasteiger partial charge in [0.05, 0.1) is 0 Å². The molecule has 0 aliphatic rings. The number of hydrogen-bond donors (Lipinski definition) is 3. The lowest BCUT2D eigenvalue weighted by Gasteiger charge is -2.20. The molecule has 0 fully saturated rings. The number of rotatable bonds is 16. The Kier molecular flexibility index (Phi) is 12.6. The molecule has 0 aliphatic carbocycles. The van der Waals surface area contributed by atoms with E-state index in [0.29, 0.717) is 17.9 Å². The molecule has 3 nitrogen and oxygen atoms in total. The summed E-state index contributed by atoms with van der Waals surface area (Å²) in [5.74, 6) is 1.19. The van der Waals surface area contributed by atoms with E-state index in [9.17, 15) is 0 Å². The molecule has 0 saturated heterocycles. The zero-order valence-corrected chi connectivity index (χ0v) is 21.0. The van der Waals surface area contributed by atoms with Crippen molar-refractivity contribution in [2.75, 3.05) is 26.2 Å². The summed E-state index contributed by atoms with van der Waals surface area (Å²) in [7, 11) is 0. The molecule has 0 aliphatic heterocycles. The second-order valence-electron chi connectivity index (χ2n) is 9.77. The summed E-state index contributed by atoms with van der Waals surface area (Å²) in [6.07, 6.45) is 6.86. The van der Waals surface area contributed by atoms with Crippen LogP contribution in [-0.4, -0.2) is 32.2 Å². The summed E-state index contributed by atoms with van der Waals surface area (Å²) >= 11 is 0. The normalized spacial score (nSPS) is 11.8. The maximum Gasteiger partial charge on any atom is 0.00734 e. The summed E-state index contributed by atoms with van der Waals surface area (Å²) in [6, 6.07) is 19.0. The monoisotopic (exact) mass is 437 g/mol. The Labute approximate surface area is 197 Å². The highest BCUT2D eigenvalue weighted by Crippen LogP contribution is 2.18. The molecule has 0 unspecified atom stereocenters. The predicted molar refractivity (Wildman–Crippen MR) is 141 cm³/mol. The van der Waals surface area contributed by atoms with E-state index < -0.39 is 0 Å². The van der Waals surface area contributed by atoms with Crippen molar-refractivity contribution in [3.05, 3.63) is 70.8 Å². The third kappa shape index (κ3) is 10.3. The molecule has 32 heavy (non-hydrogen) atoms. The van der Waals surface area contributed by atoms with E-state index in [1.54, 1.807) is 0 Å². The summed E-state index contributed by atoms with van der Waals surface area (Å²) in [5, 5.41) is 7.33. The van der Waals surface area contributed by atoms with Gasteiger partial charge < -0.3 is 16.4 Å². The van der Waals surface area contributed by atoms with Gasteiger partial charge in [-0.2, -0.15) is 0 Å². The minimum Gasteiger partial charge on any atom is -0.330 e. The molecule has 178 valence electrons. The van der Waals surface area contributed by atoms with Crippen LogP contribution in [0, 0.1) is 0 Å². The molecule has 0 atom stereocenters. The van der Waals surface area contributed by atoms with E-state index in [1.165, 1.54) is 35.1 Å². The SMILES string of the molecule is CC(C)c1ccc(CCC(CCc2ccc(C(C)C)cc2)NCCCNCCCN)cc1. The minimum absolute atomic E-state index is 0.550. The first-order valence-electron chi connectivity index (χ1n) is 12.8. The number of nitrogens with two attached hydrogens (primary N) is 1. The lowest BCUT2D eigenvalue weighted by Crippen LogP contribution is -2.32. The summed E-state index contributed by atoms with van der Waals surface area (Å²) in [6.45, 7) is 13.0. The molecule has 0 amide bonds. The van der Waals surface area contributed by atoms with Crippen molar-refractivity contribution in [2.45, 2.75) is 84.1 Å². The van der Waals surface area contributed by atoms with Crippen molar-refractivity contribution >= 4 is 0 Å². The lowest BCUT2D eigenvalue weighted by molar-refractivity contribution is 0.444. The molecule has 0 spiro atoms. The van der Waals surface area contributed by atoms with Crippen LogP contribution in [0.25, 0.3) is 0 Å². The van der Waals surface area contributed by atoms with Gasteiger partial charge in [-0.25, -0.2) is 0 Å². The Morgan fingerprint density at radius 3 is 1.56 bits per heavy atom. The fourth-order valence-electron chi connectivity index (χ4n) is 4.04. The lowest BCUT2D eigenvalue weighted by atomic mass is 9.96. The largest absolute Gasteiger partial charge is 0.330 e. The summed E-state index contributed by atoms with van der Waals surface area (Å²) in [5.41, 5.74) is 11.3. The molecular weight excluding hydrogens is 390 g/mol. The highest BCUT2D eigenvalue weighted by molar-refractivity contribution is 5.26. The first kappa shape index (κ1) is 26.6. The van der Waals surface area contributed by atoms with Crippen LogP contribution in [0.2, 0.25) is 0 Å². The van der Waals surface area contributed by atoms with Crippen molar-refractivity contribution in [1.82, 2.24) is 10.6 Å². The number of benzene rings is 2. The van der Waals surface area contributed by atoms with Gasteiger partial charge in [0.15, 0.2) is 0 Å². The van der Waals surface area contributed by atoms with E-state index in [-0.39, 0.29) is 0 Å². The highest BCUT2D eigenvalue weighted by Gasteiger charge is 2.10. The van der Waals surface area contributed by atoms with Gasteiger partial charge in [0.25, 0.3) is 0 Å². The van der Waals surface area contributed by atoms with Crippen LogP contribution in [-0.2, 0) is 12.8 Å². The van der Waals surface area contributed by atoms with E-state index in [0.717, 1.165) is 51.9 Å². The molecule has 3 heteroatoms. The highest BCUT2D eigenvalue weighted by atomic mass is 14.9. The quantitative estimate of drug-likeness (QED) is 0.292. The molecule has 2 aromatic carbocycles. The second-order valence-corrected chi connectivity index (χ2v) is 9.77. The number of hydrogen-bond acceptors (Lipinski definition) is 3. The topological polar surface area (TPSA) is 50.1 Å². The third-order valence-corrected chi connectivity index (χ3v) is 6.38. The zero-order chi connectivity index (χ0) is 23.2. The third-order valence-electron chi connectivity index (χ3n) is 6.38. The minimum atomic E-state index is 0.550. The standard InChI is InChI=1S/C29H47N3/c1-23(2)27-13-7-25(8-14-27)11-17-29(32-22-6-21-31-20-5-19-30)18-12-26-9-15-28(16-10-26)24(3)4/h7-10,13-16,23-24,29,31-32H,5-6,11-12,17-22,30H2,1-4H3. The van der Waals surface area contributed by atoms with Gasteiger partial charge in [-0.1, -0.05) is 76.2 Å². The van der Waals surface area contributed by atoms with Crippen LogP contribution in [0.15, 0.2) is 48.5 Å². The molecule has 0 heterocycles. The molecule has 4 N–H and O–H groups in total. The Bertz CT molecular complexity index is 664. The number of nitrogens with one attached hydrogen (secondary N) is 2. The van der Waals surface area contributed by atoms with Gasteiger partial charge in [-0.15, -0.1) is 0 Å². The van der Waals surface area contributed by atoms with Crippen LogP contribution < -0.4 is 16.4 Å². The van der Waals surface area contributed by atoms with Crippen molar-refractivity contribution < 1.29 is 0 Å². The smallest absolute Gasteiger partial charge is 0.00734 e. The van der Waals surface area contributed by atoms with Crippen LogP contribution in [0.4, 0.5) is 0 Å². The van der Waals surface area contributed by atoms with Crippen molar-refractivity contribution in [2.24, 2.45) is 5.73 Å². The maximum absolute atomic E-state index is 5.57. The van der Waals surface area contributed by atoms with Gasteiger partial charge in [0.2, 0.25) is 0 Å². The average Bonchev–Trinajstić information content (AvgIpc) is 2.80. The molecule has 0 bridgehead atoms. The predicted octanol–water partition coefficient (Wildman–Crippen LogP) is 5.79. The molecular formula is C29H47N3. The van der Waals surface area contributed by atoms with Crippen molar-refractivity contribution in [3.8, 4) is 0 Å². The molecule has 0 aromatic heterocycles. The Morgan fingerprint density at radius 2 is 1.12 bits per heavy atom. The molecule has 2 aromatic rings. The van der Waals surface area contributed by atoms with E-state index in [4.69, 9.17) is 5.73 Å². The maximum atomic E-state index is 5.57. The van der Waals surface area contributed by atoms with Gasteiger partial charge in [-0.3, -0.25) is 0 Å². The van der Waals surface area contributed by atoms with Gasteiger partial charge >= 0.3 is 0 Å². The van der Waals surface area contributed by atoms with Gasteiger partial charge in [-0.05, 0) is 98.8 Å². The van der Waals surface area contributed by atoms with Crippen LogP contribution in [0.1, 0.15) is 87.5 Å². The van der Waals surface area contributed by atoms with Gasteiger partial charge in [0, 0.05) is 6.04 Å². The summed E-state index contributed by atoms with van der Waals surface area (Å²) in [4.78, 5) is 0. The summed E-state index contributed by atoms with van der Waals surface area (Å²) < 4.78 is 0. The molecule has 0 saturated carbocycles. The fraction of sp³-hybridized carbons (Fsp3) is 0.586. The van der Waals surface area contributed by atoms with E-state index in [2.05, 4.69) is 86.9 Å². The van der Waals surface area contributed by atoms with E-state index >= 15 is 0 Å². The Balaban J connectivity index is 1.85. The van der Waals surface area contributed by atoms with E-state index in [1.807, 2.05) is 0 Å². The first-order chi connectivity index (χ1) is 15.5. The average molecular weight is 438 g/mol. The Morgan fingerprint density at radius 1 is 0.656 bits per heavy atom. The van der Waals surface area contributed by atoms with Crippen LogP contribution in [0.5, 0.6) is 0 Å². The first-order valence-corrected chi connectivity index (χ1v) is 12.8. The van der Waals surface area contributed by atoms with Crippen molar-refractivity contribution in [3.63, 3.8) is 0 Å². The number of aryl methyl sites for hydroxylation is 2. The Hall–Kier alpha value is -1.68. The van der Waals surface area contributed by atoms with Crippen LogP contribution in [0.3, 0.4) is 0 Å². The molecule has 2 rings (SSSR count). The fourth-order valence-corrected chi connectivity index (χ4v) is 4.04. The second kappa shape index (κ2) is 15.2. The van der Waals surface area contributed by atoms with Gasteiger partial charge in [0.1, 0.15) is 0 Å². The van der Waals surface area contributed by atoms with Crippen LogP contribution >= 0.6 is 0 Å².